The largest absolute Gasteiger partial charge is 0.495 e. The summed E-state index contributed by atoms with van der Waals surface area (Å²) in [5.74, 6) is 0.880. The van der Waals surface area contributed by atoms with Crippen LogP contribution in [0.15, 0.2) is 41.5 Å². The molecule has 1 aromatic carbocycles. The van der Waals surface area contributed by atoms with Crippen molar-refractivity contribution in [1.82, 2.24) is 9.71 Å². The molecule has 158 valence electrons. The Morgan fingerprint density at radius 3 is 2.69 bits per heavy atom. The molecule has 1 aromatic heterocycles. The Kier molecular flexibility index (Phi) is 5.64. The summed E-state index contributed by atoms with van der Waals surface area (Å²) in [6.07, 6.45) is 2.19. The van der Waals surface area contributed by atoms with E-state index in [4.69, 9.17) is 10.5 Å². The quantitative estimate of drug-likeness (QED) is 0.687. The summed E-state index contributed by atoms with van der Waals surface area (Å²) >= 11 is 0. The van der Waals surface area contributed by atoms with Crippen molar-refractivity contribution >= 4 is 16.3 Å². The topological polar surface area (TPSA) is 92.8 Å². The van der Waals surface area contributed by atoms with Gasteiger partial charge in [-0.25, -0.2) is 4.39 Å². The van der Waals surface area contributed by atoms with Crippen molar-refractivity contribution in [2.24, 2.45) is 10.7 Å². The van der Waals surface area contributed by atoms with Crippen molar-refractivity contribution in [3.05, 3.63) is 59.2 Å². The Morgan fingerprint density at radius 2 is 2.03 bits per heavy atom. The normalized spacial score (nSPS) is 28.3. The summed E-state index contributed by atoms with van der Waals surface area (Å²) in [6, 6.07) is 8.60. The third-order valence-electron chi connectivity index (χ3n) is 5.71. The molecular weight excluding hydrogens is 391 g/mol. The zero-order chi connectivity index (χ0) is 21.4. The van der Waals surface area contributed by atoms with Crippen LogP contribution in [-0.4, -0.2) is 40.0 Å². The molecule has 1 unspecified atom stereocenters. The van der Waals surface area contributed by atoms with E-state index in [1.54, 1.807) is 32.5 Å². The number of ether oxygens (including phenoxy) is 1. The summed E-state index contributed by atoms with van der Waals surface area (Å²) in [4.78, 5) is 9.04. The minimum atomic E-state index is -2.37. The van der Waals surface area contributed by atoms with Crippen LogP contribution in [0, 0.1) is 5.82 Å². The van der Waals surface area contributed by atoms with Crippen LogP contribution in [-0.2, 0) is 12.0 Å². The van der Waals surface area contributed by atoms with Gasteiger partial charge in [0.1, 0.15) is 17.4 Å². The van der Waals surface area contributed by atoms with Crippen molar-refractivity contribution in [2.75, 3.05) is 19.9 Å². The third kappa shape index (κ3) is 3.72. The number of rotatable bonds is 5. The number of pyridine rings is 1. The minimum Gasteiger partial charge on any atom is -0.495 e. The lowest BCUT2D eigenvalue weighted by molar-refractivity contribution is 0.408. The van der Waals surface area contributed by atoms with Crippen molar-refractivity contribution in [2.45, 2.75) is 37.5 Å². The Balaban J connectivity index is 2.05. The zero-order valence-corrected chi connectivity index (χ0v) is 18.3. The van der Waals surface area contributed by atoms with Gasteiger partial charge in [0.05, 0.1) is 23.1 Å². The lowest BCUT2D eigenvalue weighted by Crippen LogP contribution is -2.55. The fourth-order valence-corrected chi connectivity index (χ4v) is 6.13. The Bertz CT molecular complexity index is 952. The molecule has 2 atom stereocenters. The number of nitrogens with zero attached hydrogens (tertiary/aromatic N) is 2. The fraction of sp³-hybridized carbons (Fsp3) is 0.429. The van der Waals surface area contributed by atoms with E-state index in [1.807, 2.05) is 32.9 Å². The summed E-state index contributed by atoms with van der Waals surface area (Å²) in [6.45, 7) is 5.53. The molecule has 2 aromatic rings. The Hall–Kier alpha value is -2.16. The summed E-state index contributed by atoms with van der Waals surface area (Å²) in [5, 5.41) is 0. The van der Waals surface area contributed by atoms with E-state index in [0.717, 1.165) is 11.3 Å². The van der Waals surface area contributed by atoms with Gasteiger partial charge in [0.25, 0.3) is 0 Å². The molecule has 0 aliphatic carbocycles. The van der Waals surface area contributed by atoms with Gasteiger partial charge in [-0.2, -0.15) is 0 Å². The van der Waals surface area contributed by atoms with Crippen molar-refractivity contribution in [3.63, 3.8) is 0 Å². The maximum Gasteiger partial charge on any atom is 0.140 e. The average Bonchev–Trinajstić information content (AvgIpc) is 2.68. The SMILES string of the molecule is CNS1(O)C[C@@](C)(c2cc(Cc3ncccc3OC)ccc2F)N=C(N)C1(C)C. The molecule has 0 amide bonds. The number of nitrogens with two attached hydrogens (primary N) is 1. The van der Waals surface area contributed by atoms with Gasteiger partial charge in [-0.3, -0.25) is 14.7 Å². The van der Waals surface area contributed by atoms with Crippen molar-refractivity contribution in [3.8, 4) is 5.75 Å². The van der Waals surface area contributed by atoms with Crippen LogP contribution >= 0.6 is 10.5 Å². The molecule has 0 radical (unpaired) electrons. The van der Waals surface area contributed by atoms with Gasteiger partial charge in [-0.05, 0) is 51.6 Å². The van der Waals surface area contributed by atoms with Crippen LogP contribution < -0.4 is 15.2 Å². The van der Waals surface area contributed by atoms with E-state index in [2.05, 4.69) is 14.7 Å². The maximum atomic E-state index is 14.9. The number of aliphatic imine (C=N–C) groups is 1. The van der Waals surface area contributed by atoms with E-state index < -0.39 is 20.8 Å². The Labute approximate surface area is 173 Å². The molecule has 0 saturated heterocycles. The Morgan fingerprint density at radius 1 is 1.31 bits per heavy atom. The molecule has 29 heavy (non-hydrogen) atoms. The van der Waals surface area contributed by atoms with E-state index in [-0.39, 0.29) is 11.6 Å². The molecule has 0 spiro atoms. The smallest absolute Gasteiger partial charge is 0.140 e. The summed E-state index contributed by atoms with van der Waals surface area (Å²) < 4.78 is 33.9. The highest BCUT2D eigenvalue weighted by Gasteiger charge is 2.51. The van der Waals surface area contributed by atoms with Crippen LogP contribution in [0.3, 0.4) is 0 Å². The molecule has 3 rings (SSSR count). The molecule has 0 saturated carbocycles. The number of benzene rings is 1. The first-order chi connectivity index (χ1) is 13.6. The average molecular weight is 421 g/mol. The first kappa shape index (κ1) is 21.5. The van der Waals surface area contributed by atoms with Gasteiger partial charge >= 0.3 is 0 Å². The van der Waals surface area contributed by atoms with Gasteiger partial charge in [0.15, 0.2) is 0 Å². The lowest BCUT2D eigenvalue weighted by atomic mass is 9.91. The number of methoxy groups -OCH3 is 1. The van der Waals surface area contributed by atoms with Gasteiger partial charge < -0.3 is 15.0 Å². The predicted octanol–water partition coefficient (Wildman–Crippen LogP) is 3.60. The van der Waals surface area contributed by atoms with Gasteiger partial charge in [-0.15, -0.1) is 0 Å². The van der Waals surface area contributed by atoms with Crippen molar-refractivity contribution in [1.29, 1.82) is 0 Å². The van der Waals surface area contributed by atoms with Crippen LogP contribution in [0.1, 0.15) is 37.6 Å². The second kappa shape index (κ2) is 7.59. The predicted molar refractivity (Wildman–Crippen MR) is 117 cm³/mol. The maximum absolute atomic E-state index is 14.9. The number of nitrogens with one attached hydrogen (secondary N) is 1. The van der Waals surface area contributed by atoms with E-state index in [9.17, 15) is 8.94 Å². The zero-order valence-electron chi connectivity index (χ0n) is 17.5. The standard InChI is InChI=1S/C21H29FN4O2S/c1-20(2)19(23)26-21(3,13-29(20,27)24-4)15-11-14(8-9-16(15)22)12-17-18(28-5)7-6-10-25-17/h6-11,24,27H,12-13H2,1-5H3,(H2,23,26)/t21-/m0/s1. The molecule has 1 aliphatic rings. The number of hydrogen-bond donors (Lipinski definition) is 3. The van der Waals surface area contributed by atoms with Gasteiger partial charge in [-0.1, -0.05) is 22.6 Å². The van der Waals surface area contributed by atoms with E-state index in [1.165, 1.54) is 6.07 Å². The highest BCUT2D eigenvalue weighted by Crippen LogP contribution is 2.59. The molecule has 0 bridgehead atoms. The van der Waals surface area contributed by atoms with Crippen LogP contribution in [0.5, 0.6) is 5.75 Å². The number of aromatic nitrogens is 1. The molecule has 8 heteroatoms. The molecular formula is C21H29FN4O2S. The minimum absolute atomic E-state index is 0.261. The highest BCUT2D eigenvalue weighted by atomic mass is 32.3. The molecule has 4 N–H and O–H groups in total. The van der Waals surface area contributed by atoms with E-state index >= 15 is 0 Å². The first-order valence-electron chi connectivity index (χ1n) is 9.40. The molecule has 0 fully saturated rings. The van der Waals surface area contributed by atoms with Gasteiger partial charge in [0.2, 0.25) is 0 Å². The molecule has 2 heterocycles. The monoisotopic (exact) mass is 420 g/mol. The molecule has 1 aliphatic heterocycles. The third-order valence-corrected chi connectivity index (χ3v) is 9.26. The number of hydrogen-bond acceptors (Lipinski definition) is 6. The number of halogens is 1. The summed E-state index contributed by atoms with van der Waals surface area (Å²) in [5.41, 5.74) is 7.31. The first-order valence-corrected chi connectivity index (χ1v) is 11.2. The second-order valence-corrected chi connectivity index (χ2v) is 11.1. The number of amidine groups is 1. The van der Waals surface area contributed by atoms with Crippen LogP contribution in [0.25, 0.3) is 0 Å². The van der Waals surface area contributed by atoms with Crippen LogP contribution in [0.4, 0.5) is 4.39 Å². The van der Waals surface area contributed by atoms with E-state index in [0.29, 0.717) is 23.6 Å². The second-order valence-electron chi connectivity index (χ2n) is 7.98. The van der Waals surface area contributed by atoms with Crippen LogP contribution in [0.2, 0.25) is 0 Å². The lowest BCUT2D eigenvalue weighted by Gasteiger charge is -2.53. The summed E-state index contributed by atoms with van der Waals surface area (Å²) in [7, 11) is 0.937. The van der Waals surface area contributed by atoms with Gasteiger partial charge in [0, 0.05) is 23.9 Å². The van der Waals surface area contributed by atoms with Crippen molar-refractivity contribution < 1.29 is 13.7 Å². The highest BCUT2D eigenvalue weighted by molar-refractivity contribution is 8.29. The molecule has 6 nitrogen and oxygen atoms in total. The fourth-order valence-electron chi connectivity index (χ4n) is 3.69.